The molecule has 1 aromatic heterocycles. The second-order valence-corrected chi connectivity index (χ2v) is 6.94. The molecule has 0 bridgehead atoms. The molecular weight excluding hydrogens is 316 g/mol. The Balaban J connectivity index is 1.45. The number of pyridine rings is 1. The fourth-order valence-corrected chi connectivity index (χ4v) is 3.84. The van der Waals surface area contributed by atoms with Crippen LogP contribution in [0.4, 0.5) is 5.69 Å². The molecule has 0 spiro atoms. The first-order valence-corrected chi connectivity index (χ1v) is 9.15. The smallest absolute Gasteiger partial charge is 0.0523 e. The maximum Gasteiger partial charge on any atom is 0.0523 e. The van der Waals surface area contributed by atoms with Gasteiger partial charge in [-0.15, -0.1) is 0 Å². The fourth-order valence-electron chi connectivity index (χ4n) is 3.16. The summed E-state index contributed by atoms with van der Waals surface area (Å²) in [7, 11) is 0. The van der Waals surface area contributed by atoms with Crippen molar-refractivity contribution in [3.63, 3.8) is 0 Å². The molecule has 3 aromatic rings. The molecular formula is C20H20N2OS. The van der Waals surface area contributed by atoms with E-state index in [9.17, 15) is 0 Å². The fraction of sp³-hybridized carbons (Fsp3) is 0.250. The number of ether oxygens (including phenoxy) is 1. The van der Waals surface area contributed by atoms with Crippen molar-refractivity contribution in [2.24, 2.45) is 0 Å². The predicted octanol–water partition coefficient (Wildman–Crippen LogP) is 5.25. The molecule has 0 atom stereocenters. The number of hydrogen-bond donors (Lipinski definition) is 1. The third kappa shape index (κ3) is 3.40. The van der Waals surface area contributed by atoms with Crippen LogP contribution in [0, 0.1) is 0 Å². The van der Waals surface area contributed by atoms with Gasteiger partial charge in [-0.1, -0.05) is 24.3 Å². The highest BCUT2D eigenvalue weighted by Gasteiger charge is 2.15. The minimum Gasteiger partial charge on any atom is -0.381 e. The van der Waals surface area contributed by atoms with Crippen molar-refractivity contribution in [1.29, 1.82) is 0 Å². The molecule has 2 aromatic carbocycles. The standard InChI is InChI=1S/C20H20N2OS/c1-2-17-14-21-11-8-19(17)20(3-1)22-24-18-6-4-15(5-7-18)16-9-12-23-13-10-16/h1-8,11,14,16,22H,9-10,12-13H2. The zero-order valence-corrected chi connectivity index (χ0v) is 14.3. The summed E-state index contributed by atoms with van der Waals surface area (Å²) in [6.45, 7) is 1.78. The number of nitrogens with one attached hydrogen (secondary N) is 1. The van der Waals surface area contributed by atoms with E-state index in [1.807, 2.05) is 18.5 Å². The van der Waals surface area contributed by atoms with Crippen molar-refractivity contribution in [2.45, 2.75) is 23.7 Å². The first-order chi connectivity index (χ1) is 11.9. The normalized spacial score (nSPS) is 15.5. The van der Waals surface area contributed by atoms with E-state index in [2.05, 4.69) is 52.2 Å². The molecule has 1 aliphatic rings. The van der Waals surface area contributed by atoms with Gasteiger partial charge in [0.05, 0.1) is 5.69 Å². The molecule has 122 valence electrons. The lowest BCUT2D eigenvalue weighted by atomic mass is 9.92. The number of benzene rings is 2. The number of nitrogens with zero attached hydrogens (tertiary/aromatic N) is 1. The van der Waals surface area contributed by atoms with Gasteiger partial charge in [-0.05, 0) is 60.5 Å². The van der Waals surface area contributed by atoms with E-state index in [1.165, 1.54) is 15.8 Å². The third-order valence-electron chi connectivity index (χ3n) is 4.53. The Morgan fingerprint density at radius 2 is 1.83 bits per heavy atom. The molecule has 0 saturated carbocycles. The van der Waals surface area contributed by atoms with Crippen LogP contribution in [0.2, 0.25) is 0 Å². The number of fused-ring (bicyclic) bond motifs is 1. The van der Waals surface area contributed by atoms with Crippen molar-refractivity contribution in [3.8, 4) is 0 Å². The Kier molecular flexibility index (Phi) is 4.67. The molecule has 1 aliphatic heterocycles. The van der Waals surface area contributed by atoms with Gasteiger partial charge in [0, 0.05) is 41.3 Å². The summed E-state index contributed by atoms with van der Waals surface area (Å²) in [5.41, 5.74) is 2.55. The number of anilines is 1. The zero-order valence-electron chi connectivity index (χ0n) is 13.4. The van der Waals surface area contributed by atoms with Gasteiger partial charge in [0.25, 0.3) is 0 Å². The second-order valence-electron chi connectivity index (χ2n) is 6.06. The molecule has 1 fully saturated rings. The SMILES string of the molecule is c1cc(NSc2ccc(C3CCOCC3)cc2)c2ccncc2c1. The van der Waals surface area contributed by atoms with Crippen LogP contribution in [0.5, 0.6) is 0 Å². The van der Waals surface area contributed by atoms with Crippen LogP contribution in [0.25, 0.3) is 10.8 Å². The maximum atomic E-state index is 5.45. The Labute approximate surface area is 146 Å². The maximum absolute atomic E-state index is 5.45. The predicted molar refractivity (Wildman–Crippen MR) is 100 cm³/mol. The number of rotatable bonds is 4. The summed E-state index contributed by atoms with van der Waals surface area (Å²) >= 11 is 1.65. The summed E-state index contributed by atoms with van der Waals surface area (Å²) < 4.78 is 8.92. The summed E-state index contributed by atoms with van der Waals surface area (Å²) in [4.78, 5) is 5.40. The molecule has 1 N–H and O–H groups in total. The van der Waals surface area contributed by atoms with Crippen molar-refractivity contribution < 1.29 is 4.74 Å². The van der Waals surface area contributed by atoms with Crippen molar-refractivity contribution in [2.75, 3.05) is 17.9 Å². The summed E-state index contributed by atoms with van der Waals surface area (Å²) in [6.07, 6.45) is 6.00. The van der Waals surface area contributed by atoms with Gasteiger partial charge in [0.15, 0.2) is 0 Å². The molecule has 3 nitrogen and oxygen atoms in total. The average molecular weight is 336 g/mol. The summed E-state index contributed by atoms with van der Waals surface area (Å²) in [5, 5.41) is 2.34. The number of aromatic nitrogens is 1. The van der Waals surface area contributed by atoms with Gasteiger partial charge in [-0.3, -0.25) is 4.98 Å². The zero-order chi connectivity index (χ0) is 16.2. The van der Waals surface area contributed by atoms with Crippen molar-refractivity contribution in [3.05, 3.63) is 66.5 Å². The molecule has 4 rings (SSSR count). The van der Waals surface area contributed by atoms with Crippen LogP contribution in [0.3, 0.4) is 0 Å². The molecule has 0 radical (unpaired) electrons. The molecule has 24 heavy (non-hydrogen) atoms. The van der Waals surface area contributed by atoms with Crippen molar-refractivity contribution in [1.82, 2.24) is 4.98 Å². The first-order valence-electron chi connectivity index (χ1n) is 8.33. The average Bonchev–Trinajstić information content (AvgIpc) is 2.67. The lowest BCUT2D eigenvalue weighted by molar-refractivity contribution is 0.0853. The highest BCUT2D eigenvalue weighted by molar-refractivity contribution is 8.00. The van der Waals surface area contributed by atoms with E-state index < -0.39 is 0 Å². The molecule has 4 heteroatoms. The van der Waals surface area contributed by atoms with E-state index in [0.29, 0.717) is 5.92 Å². The van der Waals surface area contributed by atoms with Crippen molar-refractivity contribution >= 4 is 28.4 Å². The van der Waals surface area contributed by atoms with Gasteiger partial charge in [-0.2, -0.15) is 0 Å². The first kappa shape index (κ1) is 15.5. The molecule has 1 saturated heterocycles. The molecule has 0 unspecified atom stereocenters. The molecule has 2 heterocycles. The Bertz CT molecular complexity index is 808. The quantitative estimate of drug-likeness (QED) is 0.660. The van der Waals surface area contributed by atoms with Gasteiger partial charge in [0.2, 0.25) is 0 Å². The lowest BCUT2D eigenvalue weighted by Gasteiger charge is -2.22. The Hall–Kier alpha value is -2.04. The van der Waals surface area contributed by atoms with Gasteiger partial charge >= 0.3 is 0 Å². The Morgan fingerprint density at radius 1 is 1.00 bits per heavy atom. The minimum absolute atomic E-state index is 0.649. The van der Waals surface area contributed by atoms with E-state index >= 15 is 0 Å². The van der Waals surface area contributed by atoms with Crippen LogP contribution >= 0.6 is 11.9 Å². The summed E-state index contributed by atoms with van der Waals surface area (Å²) in [5.74, 6) is 0.649. The molecule has 0 aliphatic carbocycles. The van der Waals surface area contributed by atoms with E-state index in [4.69, 9.17) is 4.74 Å². The van der Waals surface area contributed by atoms with Crippen LogP contribution in [0.1, 0.15) is 24.3 Å². The largest absolute Gasteiger partial charge is 0.381 e. The van der Waals surface area contributed by atoms with Crippen LogP contribution in [-0.2, 0) is 4.74 Å². The topological polar surface area (TPSA) is 34.1 Å². The highest BCUT2D eigenvalue weighted by atomic mass is 32.2. The van der Waals surface area contributed by atoms with Gasteiger partial charge < -0.3 is 9.46 Å². The second kappa shape index (κ2) is 7.24. The van der Waals surface area contributed by atoms with Crippen LogP contribution in [0.15, 0.2) is 65.8 Å². The van der Waals surface area contributed by atoms with Crippen LogP contribution in [-0.4, -0.2) is 18.2 Å². The monoisotopic (exact) mass is 336 g/mol. The van der Waals surface area contributed by atoms with E-state index in [1.54, 1.807) is 11.9 Å². The third-order valence-corrected chi connectivity index (χ3v) is 5.36. The van der Waals surface area contributed by atoms with Crippen LogP contribution < -0.4 is 4.72 Å². The number of hydrogen-bond acceptors (Lipinski definition) is 4. The van der Waals surface area contributed by atoms with Gasteiger partial charge in [0.1, 0.15) is 0 Å². The minimum atomic E-state index is 0.649. The molecule has 0 amide bonds. The van der Waals surface area contributed by atoms with E-state index in [0.717, 1.165) is 37.1 Å². The lowest BCUT2D eigenvalue weighted by Crippen LogP contribution is -2.13. The van der Waals surface area contributed by atoms with Gasteiger partial charge in [-0.25, -0.2) is 0 Å². The Morgan fingerprint density at radius 3 is 2.67 bits per heavy atom. The van der Waals surface area contributed by atoms with E-state index in [-0.39, 0.29) is 0 Å². The summed E-state index contributed by atoms with van der Waals surface area (Å²) in [6, 6.07) is 17.2. The highest BCUT2D eigenvalue weighted by Crippen LogP contribution is 2.30.